The first-order chi connectivity index (χ1) is 7.62. The third-order valence-electron chi connectivity index (χ3n) is 1.19. The Balaban J connectivity index is 0. The van der Waals surface area contributed by atoms with Crippen LogP contribution in [0.15, 0.2) is 24.3 Å². The molecule has 5 heteroatoms. The number of rotatable bonds is 2. The lowest BCUT2D eigenvalue weighted by Gasteiger charge is -1.89. The Morgan fingerprint density at radius 1 is 1.31 bits per heavy atom. The molecule has 0 spiro atoms. The van der Waals surface area contributed by atoms with Crippen LogP contribution in [0.1, 0.15) is 5.56 Å². The first kappa shape index (κ1) is 16.7. The molecule has 16 heavy (non-hydrogen) atoms. The van der Waals surface area contributed by atoms with E-state index < -0.39 is 0 Å². The number of carbonyl (C=O) groups excluding carboxylic acids is 2. The first-order valence-electron chi connectivity index (χ1n) is 4.57. The van der Waals surface area contributed by atoms with E-state index in [2.05, 4.69) is 0 Å². The fraction of sp³-hybridized carbons (Fsp3) is 0.273. The van der Waals surface area contributed by atoms with Crippen molar-refractivity contribution in [3.05, 3.63) is 29.8 Å². The molecule has 0 aliphatic heterocycles. The van der Waals surface area contributed by atoms with Crippen molar-refractivity contribution in [2.24, 2.45) is 5.73 Å². The minimum Gasteiger partial charge on any atom is -0.508 e. The lowest BCUT2D eigenvalue weighted by atomic mass is 10.2. The minimum absolute atomic E-state index is 0.0972. The van der Waals surface area contributed by atoms with Gasteiger partial charge in [-0.25, -0.2) is 0 Å². The number of hydrogen-bond donors (Lipinski definition) is 3. The summed E-state index contributed by atoms with van der Waals surface area (Å²) in [5.74, 6) is 0.338. The van der Waals surface area contributed by atoms with Gasteiger partial charge in [0.1, 0.15) is 5.75 Å². The van der Waals surface area contributed by atoms with Crippen LogP contribution in [0.4, 0.5) is 0 Å². The van der Waals surface area contributed by atoms with Crippen LogP contribution in [0.2, 0.25) is 0 Å². The summed E-state index contributed by atoms with van der Waals surface area (Å²) in [6.45, 7) is 2.42. The summed E-state index contributed by atoms with van der Waals surface area (Å²) in [6.07, 6.45) is 0.389. The van der Waals surface area contributed by atoms with Gasteiger partial charge in [0, 0.05) is 6.54 Å². The van der Waals surface area contributed by atoms with E-state index in [1.54, 1.807) is 12.1 Å². The molecule has 5 nitrogen and oxygen atoms in total. The number of phenols is 1. The number of nitrogens with two attached hydrogens (primary N) is 1. The topological polar surface area (TPSA) is 101 Å². The van der Waals surface area contributed by atoms with Crippen LogP contribution >= 0.6 is 0 Å². The standard InChI is InChI=1S/C7H8O.C2H7NO.C2H2O2/c1-6-3-2-4-7(8)5-6;2*3-1-2-4/h2-5,8H,1H3;4H,1-3H2;1-2H. The number of aliphatic hydroxyl groups excluding tert-OH is 1. The van der Waals surface area contributed by atoms with Gasteiger partial charge in [-0.2, -0.15) is 0 Å². The fourth-order valence-electron chi connectivity index (χ4n) is 0.628. The monoisotopic (exact) mass is 227 g/mol. The second-order valence-corrected chi connectivity index (χ2v) is 2.62. The number of aliphatic hydroxyl groups is 1. The summed E-state index contributed by atoms with van der Waals surface area (Å²) in [7, 11) is 0. The van der Waals surface area contributed by atoms with Crippen molar-refractivity contribution in [2.75, 3.05) is 13.2 Å². The average Bonchev–Trinajstić information content (AvgIpc) is 2.29. The maximum absolute atomic E-state index is 8.81. The molecule has 4 N–H and O–H groups in total. The largest absolute Gasteiger partial charge is 0.508 e. The lowest BCUT2D eigenvalue weighted by molar-refractivity contribution is -0.122. The highest BCUT2D eigenvalue weighted by Gasteiger charge is 1.83. The molecular weight excluding hydrogens is 210 g/mol. The van der Waals surface area contributed by atoms with Gasteiger partial charge < -0.3 is 15.9 Å². The van der Waals surface area contributed by atoms with E-state index in [9.17, 15) is 0 Å². The summed E-state index contributed by atoms with van der Waals surface area (Å²) in [5.41, 5.74) is 5.87. The molecule has 0 heterocycles. The molecule has 0 atom stereocenters. The Hall–Kier alpha value is -1.72. The maximum atomic E-state index is 8.81. The van der Waals surface area contributed by atoms with Crippen LogP contribution in [-0.2, 0) is 9.59 Å². The molecule has 1 aromatic rings. The van der Waals surface area contributed by atoms with E-state index in [0.717, 1.165) is 5.56 Å². The Bertz CT molecular complexity index is 264. The molecule has 0 aliphatic carbocycles. The molecule has 0 amide bonds. The van der Waals surface area contributed by atoms with Crippen molar-refractivity contribution >= 4 is 12.6 Å². The highest BCUT2D eigenvalue weighted by atomic mass is 16.3. The molecule has 1 aromatic carbocycles. The molecule has 0 aromatic heterocycles. The molecule has 0 unspecified atom stereocenters. The second kappa shape index (κ2) is 13.3. The van der Waals surface area contributed by atoms with Gasteiger partial charge in [0.2, 0.25) is 0 Å². The Morgan fingerprint density at radius 3 is 2.00 bits per heavy atom. The summed E-state index contributed by atoms with van der Waals surface area (Å²) < 4.78 is 0. The van der Waals surface area contributed by atoms with Gasteiger partial charge in [0.25, 0.3) is 0 Å². The summed E-state index contributed by atoms with van der Waals surface area (Å²) in [5, 5.41) is 16.6. The molecular formula is C11H17NO4. The van der Waals surface area contributed by atoms with Crippen LogP contribution in [0.3, 0.4) is 0 Å². The molecule has 0 radical (unpaired) electrons. The summed E-state index contributed by atoms with van der Waals surface area (Å²) >= 11 is 0. The molecule has 90 valence electrons. The minimum atomic E-state index is 0.0972. The number of aryl methyl sites for hydroxylation is 1. The van der Waals surface area contributed by atoms with Gasteiger partial charge in [-0.1, -0.05) is 12.1 Å². The van der Waals surface area contributed by atoms with E-state index in [1.165, 1.54) is 0 Å². The predicted octanol–water partition coefficient (Wildman–Crippen LogP) is 0.0222. The van der Waals surface area contributed by atoms with Gasteiger partial charge in [0.15, 0.2) is 12.6 Å². The number of phenolic OH excluding ortho intramolecular Hbond substituents is 1. The predicted molar refractivity (Wildman–Crippen MR) is 61.1 cm³/mol. The van der Waals surface area contributed by atoms with Crippen molar-refractivity contribution in [1.29, 1.82) is 0 Å². The van der Waals surface area contributed by atoms with Crippen LogP contribution in [0, 0.1) is 6.92 Å². The van der Waals surface area contributed by atoms with E-state index in [-0.39, 0.29) is 19.2 Å². The Kier molecular flexibility index (Phi) is 13.9. The molecule has 1 rings (SSSR count). The average molecular weight is 227 g/mol. The second-order valence-electron chi connectivity index (χ2n) is 2.62. The Labute approximate surface area is 94.5 Å². The highest BCUT2D eigenvalue weighted by molar-refractivity contribution is 6.09. The highest BCUT2D eigenvalue weighted by Crippen LogP contribution is 2.08. The van der Waals surface area contributed by atoms with Gasteiger partial charge in [-0.15, -0.1) is 0 Å². The van der Waals surface area contributed by atoms with Gasteiger partial charge in [-0.3, -0.25) is 9.59 Å². The van der Waals surface area contributed by atoms with Gasteiger partial charge in [0.05, 0.1) is 6.61 Å². The molecule has 0 saturated heterocycles. The summed E-state index contributed by atoms with van der Waals surface area (Å²) in [6, 6.07) is 7.15. The zero-order valence-corrected chi connectivity index (χ0v) is 9.17. The smallest absolute Gasteiger partial charge is 0.182 e. The van der Waals surface area contributed by atoms with E-state index in [1.807, 2.05) is 19.1 Å². The fourth-order valence-corrected chi connectivity index (χ4v) is 0.628. The van der Waals surface area contributed by atoms with Crippen molar-refractivity contribution < 1.29 is 19.8 Å². The molecule has 0 bridgehead atoms. The number of benzene rings is 1. The normalized spacial score (nSPS) is 7.69. The number of hydrogen-bond acceptors (Lipinski definition) is 5. The summed E-state index contributed by atoms with van der Waals surface area (Å²) in [4.78, 5) is 17.6. The quantitative estimate of drug-likeness (QED) is 0.488. The number of aldehydes is 2. The van der Waals surface area contributed by atoms with Crippen molar-refractivity contribution in [2.45, 2.75) is 6.92 Å². The third kappa shape index (κ3) is 14.8. The zero-order chi connectivity index (χ0) is 12.8. The van der Waals surface area contributed by atoms with Gasteiger partial charge >= 0.3 is 0 Å². The lowest BCUT2D eigenvalue weighted by Crippen LogP contribution is -2.02. The Morgan fingerprint density at radius 2 is 1.81 bits per heavy atom. The van der Waals surface area contributed by atoms with Crippen LogP contribution < -0.4 is 5.73 Å². The van der Waals surface area contributed by atoms with E-state index in [0.29, 0.717) is 12.3 Å². The maximum Gasteiger partial charge on any atom is 0.182 e. The first-order valence-corrected chi connectivity index (χ1v) is 4.57. The SMILES string of the molecule is Cc1cccc(O)c1.NCCO.O=CC=O. The molecule has 0 saturated carbocycles. The molecule has 0 fully saturated rings. The van der Waals surface area contributed by atoms with Crippen molar-refractivity contribution in [1.82, 2.24) is 0 Å². The third-order valence-corrected chi connectivity index (χ3v) is 1.19. The molecule has 0 aliphatic rings. The number of aromatic hydroxyl groups is 1. The van der Waals surface area contributed by atoms with Crippen LogP contribution in [-0.4, -0.2) is 35.9 Å². The van der Waals surface area contributed by atoms with E-state index in [4.69, 9.17) is 25.5 Å². The van der Waals surface area contributed by atoms with E-state index >= 15 is 0 Å². The van der Waals surface area contributed by atoms with Crippen LogP contribution in [0.5, 0.6) is 5.75 Å². The zero-order valence-electron chi connectivity index (χ0n) is 9.17. The van der Waals surface area contributed by atoms with Crippen molar-refractivity contribution in [3.8, 4) is 5.75 Å². The van der Waals surface area contributed by atoms with Crippen LogP contribution in [0.25, 0.3) is 0 Å². The number of carbonyl (C=O) groups is 2. The van der Waals surface area contributed by atoms with Gasteiger partial charge in [-0.05, 0) is 24.6 Å². The van der Waals surface area contributed by atoms with Crippen molar-refractivity contribution in [3.63, 3.8) is 0 Å².